The number of nitrogens with zero attached hydrogens (tertiary/aromatic N) is 4. The van der Waals surface area contributed by atoms with E-state index in [-0.39, 0.29) is 54.7 Å². The number of aromatic nitrogens is 1. The SMILES string of the molecule is COc1ccc(S(=O)(=O)N(CCNc2cc(C)nc3ccc(Cl)cc23)CCC(=O)Nc2ccc(N=O)cc2OCC#N)cc1. The molecule has 0 radical (unpaired) electrons. The van der Waals surface area contributed by atoms with E-state index in [1.54, 1.807) is 24.3 Å². The number of carbonyl (C=O) groups is 1. The van der Waals surface area contributed by atoms with E-state index >= 15 is 0 Å². The maximum atomic E-state index is 13.7. The molecule has 228 valence electrons. The first-order chi connectivity index (χ1) is 21.1. The van der Waals surface area contributed by atoms with Gasteiger partial charge in [0, 0.05) is 53.9 Å². The molecule has 0 unspecified atom stereocenters. The molecule has 2 N–H and O–H groups in total. The van der Waals surface area contributed by atoms with E-state index in [1.807, 2.05) is 25.1 Å². The highest BCUT2D eigenvalue weighted by atomic mass is 35.5. The van der Waals surface area contributed by atoms with Crippen molar-refractivity contribution >= 4 is 55.5 Å². The topological polar surface area (TPSA) is 163 Å². The molecule has 4 rings (SSSR count). The Kier molecular flexibility index (Phi) is 10.7. The number of methoxy groups -OCH3 is 1. The van der Waals surface area contributed by atoms with Crippen LogP contribution in [0.5, 0.6) is 11.5 Å². The Balaban J connectivity index is 1.53. The van der Waals surface area contributed by atoms with Gasteiger partial charge in [0.2, 0.25) is 15.9 Å². The van der Waals surface area contributed by atoms with E-state index in [1.165, 1.54) is 41.7 Å². The molecule has 44 heavy (non-hydrogen) atoms. The molecule has 14 heteroatoms. The predicted molar refractivity (Wildman–Crippen MR) is 168 cm³/mol. The molecule has 0 saturated carbocycles. The Labute approximate surface area is 259 Å². The Morgan fingerprint density at radius 1 is 1.07 bits per heavy atom. The smallest absolute Gasteiger partial charge is 0.243 e. The average molecular weight is 637 g/mol. The van der Waals surface area contributed by atoms with Gasteiger partial charge in [-0.1, -0.05) is 11.6 Å². The van der Waals surface area contributed by atoms with Crippen molar-refractivity contribution in [1.82, 2.24) is 9.29 Å². The first-order valence-electron chi connectivity index (χ1n) is 13.4. The van der Waals surface area contributed by atoms with E-state index in [9.17, 15) is 18.1 Å². The number of benzene rings is 3. The number of pyridine rings is 1. The van der Waals surface area contributed by atoms with E-state index < -0.39 is 15.9 Å². The lowest BCUT2D eigenvalue weighted by atomic mass is 10.1. The fraction of sp³-hybridized carbons (Fsp3) is 0.233. The molecule has 0 aliphatic carbocycles. The van der Waals surface area contributed by atoms with Gasteiger partial charge in [0.1, 0.15) is 23.3 Å². The number of rotatable bonds is 14. The van der Waals surface area contributed by atoms with Crippen LogP contribution >= 0.6 is 11.6 Å². The zero-order valence-electron chi connectivity index (χ0n) is 23.9. The molecule has 1 aromatic heterocycles. The number of carbonyl (C=O) groups excluding carboxylic acids is 1. The lowest BCUT2D eigenvalue weighted by Gasteiger charge is -2.23. The molecular formula is C30H29ClN6O6S. The maximum absolute atomic E-state index is 13.7. The third-order valence-corrected chi connectivity index (χ3v) is 8.65. The van der Waals surface area contributed by atoms with Crippen molar-refractivity contribution in [3.63, 3.8) is 0 Å². The second kappa shape index (κ2) is 14.6. The highest BCUT2D eigenvalue weighted by Gasteiger charge is 2.25. The van der Waals surface area contributed by atoms with Gasteiger partial charge in [-0.05, 0) is 72.8 Å². The van der Waals surface area contributed by atoms with Crippen molar-refractivity contribution in [3.05, 3.63) is 82.4 Å². The zero-order chi connectivity index (χ0) is 31.7. The number of hydrogen-bond donors (Lipinski definition) is 2. The number of hydrogen-bond acceptors (Lipinski definition) is 10. The number of nitriles is 1. The Bertz CT molecular complexity index is 1810. The molecule has 0 spiro atoms. The third-order valence-electron chi connectivity index (χ3n) is 6.50. The summed E-state index contributed by atoms with van der Waals surface area (Å²) in [5.41, 5.74) is 2.53. The molecule has 0 fully saturated rings. The van der Waals surface area contributed by atoms with Gasteiger partial charge >= 0.3 is 0 Å². The first-order valence-corrected chi connectivity index (χ1v) is 15.2. The van der Waals surface area contributed by atoms with Crippen LogP contribution in [0.25, 0.3) is 10.9 Å². The Morgan fingerprint density at radius 3 is 2.55 bits per heavy atom. The standard InChI is InChI=1S/C30H29ClN6O6S/c1-20-17-28(25-18-21(31)3-9-26(25)34-20)33-13-15-37(44(40,41)24-7-5-23(42-2)6-8-24)14-11-30(38)35-27-10-4-22(36-39)19-29(27)43-16-12-32/h3-10,17-19H,11,13-16H2,1-2H3,(H,33,34)(H,35,38). The van der Waals surface area contributed by atoms with Crippen LogP contribution in [0.2, 0.25) is 5.02 Å². The summed E-state index contributed by atoms with van der Waals surface area (Å²) < 4.78 is 39.1. The Hall–Kier alpha value is -4.77. The average Bonchev–Trinajstić information content (AvgIpc) is 3.02. The summed E-state index contributed by atoms with van der Waals surface area (Å²) in [5, 5.41) is 19.0. The van der Waals surface area contributed by atoms with Crippen LogP contribution < -0.4 is 20.1 Å². The summed E-state index contributed by atoms with van der Waals surface area (Å²) in [6.07, 6.45) is -0.201. The number of halogens is 1. The van der Waals surface area contributed by atoms with Crippen LogP contribution in [0, 0.1) is 23.2 Å². The fourth-order valence-corrected chi connectivity index (χ4v) is 5.99. The summed E-state index contributed by atoms with van der Waals surface area (Å²) in [6, 6.07) is 19.1. The summed E-state index contributed by atoms with van der Waals surface area (Å²) in [6.45, 7) is 1.64. The number of amides is 1. The van der Waals surface area contributed by atoms with E-state index in [0.717, 1.165) is 22.3 Å². The highest BCUT2D eigenvalue weighted by molar-refractivity contribution is 7.89. The number of sulfonamides is 1. The summed E-state index contributed by atoms with van der Waals surface area (Å²) in [5.74, 6) is 0.0798. The van der Waals surface area contributed by atoms with Crippen molar-refractivity contribution in [1.29, 1.82) is 5.26 Å². The van der Waals surface area contributed by atoms with Gasteiger partial charge < -0.3 is 20.1 Å². The van der Waals surface area contributed by atoms with Crippen LogP contribution in [0.4, 0.5) is 17.1 Å². The highest BCUT2D eigenvalue weighted by Crippen LogP contribution is 2.30. The first kappa shape index (κ1) is 32.2. The summed E-state index contributed by atoms with van der Waals surface area (Å²) in [7, 11) is -2.54. The van der Waals surface area contributed by atoms with Crippen LogP contribution in [-0.4, -0.2) is 57.0 Å². The monoisotopic (exact) mass is 636 g/mol. The van der Waals surface area contributed by atoms with E-state index in [2.05, 4.69) is 20.8 Å². The van der Waals surface area contributed by atoms with Crippen molar-refractivity contribution in [3.8, 4) is 17.6 Å². The molecule has 1 heterocycles. The molecular weight excluding hydrogens is 608 g/mol. The minimum Gasteiger partial charge on any atom is -0.497 e. The molecule has 0 aliphatic heterocycles. The van der Waals surface area contributed by atoms with Crippen LogP contribution in [-0.2, 0) is 14.8 Å². The van der Waals surface area contributed by atoms with Gasteiger partial charge in [0.15, 0.2) is 6.61 Å². The lowest BCUT2D eigenvalue weighted by molar-refractivity contribution is -0.116. The number of nitroso groups, excluding NO2 is 1. The van der Waals surface area contributed by atoms with E-state index in [0.29, 0.717) is 10.8 Å². The molecule has 4 aromatic rings. The maximum Gasteiger partial charge on any atom is 0.243 e. The zero-order valence-corrected chi connectivity index (χ0v) is 25.5. The van der Waals surface area contributed by atoms with Crippen molar-refractivity contribution in [2.45, 2.75) is 18.2 Å². The van der Waals surface area contributed by atoms with Gasteiger partial charge in [-0.25, -0.2) is 8.42 Å². The molecule has 12 nitrogen and oxygen atoms in total. The van der Waals surface area contributed by atoms with Crippen LogP contribution in [0.1, 0.15) is 12.1 Å². The summed E-state index contributed by atoms with van der Waals surface area (Å²) in [4.78, 5) is 28.5. The minimum absolute atomic E-state index is 0.0291. The Morgan fingerprint density at radius 2 is 1.84 bits per heavy atom. The van der Waals surface area contributed by atoms with Crippen LogP contribution in [0.3, 0.4) is 0 Å². The molecule has 1 amide bonds. The molecule has 0 bridgehead atoms. The third kappa shape index (κ3) is 7.99. The van der Waals surface area contributed by atoms with Crippen LogP contribution in [0.15, 0.2) is 76.8 Å². The number of fused-ring (bicyclic) bond motifs is 1. The second-order valence-electron chi connectivity index (χ2n) is 9.50. The van der Waals surface area contributed by atoms with Gasteiger partial charge in [-0.2, -0.15) is 9.57 Å². The number of anilines is 2. The second-order valence-corrected chi connectivity index (χ2v) is 11.9. The molecule has 0 atom stereocenters. The van der Waals surface area contributed by atoms with Crippen molar-refractivity contribution in [2.75, 3.05) is 44.0 Å². The number of ether oxygens (including phenoxy) is 2. The quantitative estimate of drug-likeness (QED) is 0.167. The lowest BCUT2D eigenvalue weighted by Crippen LogP contribution is -2.37. The van der Waals surface area contributed by atoms with Crippen molar-refractivity contribution in [2.24, 2.45) is 5.18 Å². The van der Waals surface area contributed by atoms with Gasteiger partial charge in [-0.3, -0.25) is 9.78 Å². The largest absolute Gasteiger partial charge is 0.497 e. The normalized spacial score (nSPS) is 11.2. The molecule has 0 saturated heterocycles. The van der Waals surface area contributed by atoms with Gasteiger partial charge in [0.25, 0.3) is 0 Å². The number of nitrogens with one attached hydrogen (secondary N) is 2. The predicted octanol–water partition coefficient (Wildman–Crippen LogP) is 5.64. The fourth-order valence-electron chi connectivity index (χ4n) is 4.38. The van der Waals surface area contributed by atoms with E-state index in [4.69, 9.17) is 26.3 Å². The summed E-state index contributed by atoms with van der Waals surface area (Å²) >= 11 is 6.21. The van der Waals surface area contributed by atoms with Crippen molar-refractivity contribution < 1.29 is 22.7 Å². The molecule has 0 aliphatic rings. The number of aryl methyl sites for hydroxylation is 1. The molecule has 3 aromatic carbocycles. The van der Waals surface area contributed by atoms with Gasteiger partial charge in [0.05, 0.1) is 23.2 Å². The minimum atomic E-state index is -4.02. The van der Waals surface area contributed by atoms with Gasteiger partial charge in [-0.15, -0.1) is 4.91 Å².